The zero-order valence-corrected chi connectivity index (χ0v) is 14.1. The molecular formula is C16H26FN5O2. The number of aryl methyl sites for hydroxylation is 1. The summed E-state index contributed by atoms with van der Waals surface area (Å²) in [5.74, 6) is 0.402. The number of amides is 2. The third-order valence-corrected chi connectivity index (χ3v) is 4.69. The van der Waals surface area contributed by atoms with E-state index < -0.39 is 6.17 Å². The normalized spacial score (nSPS) is 27.5. The molecule has 134 valence electrons. The molecule has 3 heterocycles. The molecule has 2 aliphatic heterocycles. The topological polar surface area (TPSA) is 71.4 Å². The summed E-state index contributed by atoms with van der Waals surface area (Å²) in [5.41, 5.74) is 1.06. The van der Waals surface area contributed by atoms with E-state index >= 15 is 0 Å². The first-order chi connectivity index (χ1) is 11.6. The molecule has 0 aliphatic carbocycles. The van der Waals surface area contributed by atoms with Crippen molar-refractivity contribution in [2.24, 2.45) is 13.0 Å². The van der Waals surface area contributed by atoms with E-state index in [1.807, 2.05) is 13.2 Å². The second-order valence-corrected chi connectivity index (χ2v) is 6.76. The summed E-state index contributed by atoms with van der Waals surface area (Å²) in [6.45, 7) is 3.63. The molecule has 8 heteroatoms. The molecule has 1 aromatic rings. The molecule has 0 unspecified atom stereocenters. The Kier molecular flexibility index (Phi) is 5.68. The molecule has 0 aromatic carbocycles. The van der Waals surface area contributed by atoms with Crippen LogP contribution in [0.3, 0.4) is 0 Å². The number of rotatable bonds is 6. The molecule has 0 saturated carbocycles. The van der Waals surface area contributed by atoms with Crippen molar-refractivity contribution in [3.05, 3.63) is 18.0 Å². The number of likely N-dealkylation sites (tertiary alicyclic amines) is 1. The summed E-state index contributed by atoms with van der Waals surface area (Å²) >= 11 is 0. The van der Waals surface area contributed by atoms with Gasteiger partial charge in [0, 0.05) is 63.6 Å². The zero-order chi connectivity index (χ0) is 16.9. The van der Waals surface area contributed by atoms with Gasteiger partial charge in [0.25, 0.3) is 0 Å². The SMILES string of the molecule is Cn1cc(CN2C[C@@H](F)C[C@H]2CNC(=O)NC[C@@H]2CCOC2)cn1. The Morgan fingerprint density at radius 3 is 3.00 bits per heavy atom. The number of nitrogens with zero attached hydrogens (tertiary/aromatic N) is 3. The summed E-state index contributed by atoms with van der Waals surface area (Å²) < 4.78 is 20.8. The Bertz CT molecular complexity index is 546. The highest BCUT2D eigenvalue weighted by molar-refractivity contribution is 5.73. The average molecular weight is 339 g/mol. The summed E-state index contributed by atoms with van der Waals surface area (Å²) in [5, 5.41) is 9.89. The molecule has 2 N–H and O–H groups in total. The first-order valence-corrected chi connectivity index (χ1v) is 8.55. The minimum absolute atomic E-state index is 0.0146. The van der Waals surface area contributed by atoms with Crippen molar-refractivity contribution >= 4 is 6.03 Å². The van der Waals surface area contributed by atoms with Crippen molar-refractivity contribution in [1.82, 2.24) is 25.3 Å². The lowest BCUT2D eigenvalue weighted by atomic mass is 10.1. The van der Waals surface area contributed by atoms with Crippen LogP contribution < -0.4 is 10.6 Å². The molecule has 2 saturated heterocycles. The standard InChI is InChI=1S/C16H26FN5O2/c1-21-8-13(6-20-21)9-22-10-14(17)4-15(22)7-19-16(23)18-5-12-2-3-24-11-12/h6,8,12,14-15H,2-5,7,9-11H2,1H3,(H2,18,19,23)/t12-,14-,15-/m0/s1. The van der Waals surface area contributed by atoms with Gasteiger partial charge in [-0.05, 0) is 12.8 Å². The number of nitrogens with one attached hydrogen (secondary N) is 2. The van der Waals surface area contributed by atoms with Crippen LogP contribution in [0.1, 0.15) is 18.4 Å². The fourth-order valence-corrected chi connectivity index (χ4v) is 3.37. The van der Waals surface area contributed by atoms with E-state index in [9.17, 15) is 9.18 Å². The molecule has 1 aromatic heterocycles. The van der Waals surface area contributed by atoms with Gasteiger partial charge in [-0.3, -0.25) is 9.58 Å². The van der Waals surface area contributed by atoms with Gasteiger partial charge in [0.05, 0.1) is 12.8 Å². The summed E-state index contributed by atoms with van der Waals surface area (Å²) in [7, 11) is 1.87. The lowest BCUT2D eigenvalue weighted by molar-refractivity contribution is 0.184. The van der Waals surface area contributed by atoms with Gasteiger partial charge in [0.15, 0.2) is 0 Å². The molecule has 0 radical (unpaired) electrons. The highest BCUT2D eigenvalue weighted by Crippen LogP contribution is 2.22. The maximum atomic E-state index is 13.8. The Morgan fingerprint density at radius 1 is 1.46 bits per heavy atom. The predicted octanol–water partition coefficient (Wildman–Crippen LogP) is 0.668. The van der Waals surface area contributed by atoms with Crippen LogP contribution in [-0.4, -0.2) is 65.8 Å². The average Bonchev–Trinajstić information content (AvgIpc) is 3.26. The van der Waals surface area contributed by atoms with E-state index in [1.165, 1.54) is 0 Å². The molecular weight excluding hydrogens is 313 g/mol. The molecule has 2 amide bonds. The van der Waals surface area contributed by atoms with Crippen LogP contribution in [0.15, 0.2) is 12.4 Å². The number of hydrogen-bond acceptors (Lipinski definition) is 4. The maximum Gasteiger partial charge on any atom is 0.314 e. The predicted molar refractivity (Wildman–Crippen MR) is 87.2 cm³/mol. The number of halogens is 1. The Hall–Kier alpha value is -1.67. The molecule has 24 heavy (non-hydrogen) atoms. The largest absolute Gasteiger partial charge is 0.381 e. The molecule has 0 bridgehead atoms. The second-order valence-electron chi connectivity index (χ2n) is 6.76. The van der Waals surface area contributed by atoms with E-state index in [2.05, 4.69) is 20.6 Å². The van der Waals surface area contributed by atoms with Crippen molar-refractivity contribution in [1.29, 1.82) is 0 Å². The first-order valence-electron chi connectivity index (χ1n) is 8.55. The van der Waals surface area contributed by atoms with Crippen LogP contribution in [0, 0.1) is 5.92 Å². The minimum Gasteiger partial charge on any atom is -0.381 e. The fourth-order valence-electron chi connectivity index (χ4n) is 3.37. The molecule has 3 rings (SSSR count). The number of hydrogen-bond donors (Lipinski definition) is 2. The van der Waals surface area contributed by atoms with Crippen molar-refractivity contribution in [3.8, 4) is 0 Å². The zero-order valence-electron chi connectivity index (χ0n) is 14.1. The number of carbonyl (C=O) groups excluding carboxylic acids is 1. The summed E-state index contributed by atoms with van der Waals surface area (Å²) in [6.07, 6.45) is 4.34. The summed E-state index contributed by atoms with van der Waals surface area (Å²) in [6, 6.07) is -0.175. The Morgan fingerprint density at radius 2 is 2.29 bits per heavy atom. The van der Waals surface area contributed by atoms with Crippen molar-refractivity contribution < 1.29 is 13.9 Å². The van der Waals surface area contributed by atoms with E-state index in [4.69, 9.17) is 4.74 Å². The fraction of sp³-hybridized carbons (Fsp3) is 0.750. The second kappa shape index (κ2) is 7.94. The lowest BCUT2D eigenvalue weighted by Crippen LogP contribution is -2.44. The van der Waals surface area contributed by atoms with Gasteiger partial charge in [0.2, 0.25) is 0 Å². The maximum absolute atomic E-state index is 13.8. The van der Waals surface area contributed by atoms with Gasteiger partial charge < -0.3 is 15.4 Å². The molecule has 7 nitrogen and oxygen atoms in total. The number of ether oxygens (including phenoxy) is 1. The van der Waals surface area contributed by atoms with Crippen molar-refractivity contribution in [2.45, 2.75) is 31.6 Å². The van der Waals surface area contributed by atoms with Gasteiger partial charge in [-0.25, -0.2) is 9.18 Å². The molecule has 2 aliphatic rings. The van der Waals surface area contributed by atoms with Gasteiger partial charge in [0.1, 0.15) is 6.17 Å². The number of alkyl halides is 1. The van der Waals surface area contributed by atoms with Crippen molar-refractivity contribution in [2.75, 3.05) is 32.8 Å². The number of aromatic nitrogens is 2. The van der Waals surface area contributed by atoms with E-state index in [0.29, 0.717) is 45.1 Å². The van der Waals surface area contributed by atoms with E-state index in [-0.39, 0.29) is 12.1 Å². The minimum atomic E-state index is -0.841. The van der Waals surface area contributed by atoms with Gasteiger partial charge >= 0.3 is 6.03 Å². The van der Waals surface area contributed by atoms with Crippen LogP contribution in [0.4, 0.5) is 9.18 Å². The third kappa shape index (κ3) is 4.67. The summed E-state index contributed by atoms with van der Waals surface area (Å²) in [4.78, 5) is 14.0. The monoisotopic (exact) mass is 339 g/mol. The van der Waals surface area contributed by atoms with Crippen LogP contribution in [0.2, 0.25) is 0 Å². The van der Waals surface area contributed by atoms with Crippen LogP contribution in [-0.2, 0) is 18.3 Å². The number of urea groups is 1. The molecule has 3 atom stereocenters. The van der Waals surface area contributed by atoms with Gasteiger partial charge in [-0.2, -0.15) is 5.10 Å². The molecule has 2 fully saturated rings. The van der Waals surface area contributed by atoms with Crippen LogP contribution >= 0.6 is 0 Å². The van der Waals surface area contributed by atoms with Crippen LogP contribution in [0.25, 0.3) is 0 Å². The highest BCUT2D eigenvalue weighted by atomic mass is 19.1. The van der Waals surface area contributed by atoms with Crippen LogP contribution in [0.5, 0.6) is 0 Å². The quantitative estimate of drug-likeness (QED) is 0.799. The van der Waals surface area contributed by atoms with E-state index in [0.717, 1.165) is 18.6 Å². The van der Waals surface area contributed by atoms with Crippen molar-refractivity contribution in [3.63, 3.8) is 0 Å². The van der Waals surface area contributed by atoms with E-state index in [1.54, 1.807) is 10.9 Å². The smallest absolute Gasteiger partial charge is 0.314 e. The Balaban J connectivity index is 1.42. The third-order valence-electron chi connectivity index (χ3n) is 4.69. The highest BCUT2D eigenvalue weighted by Gasteiger charge is 2.32. The van der Waals surface area contributed by atoms with Gasteiger partial charge in [-0.1, -0.05) is 0 Å². The van der Waals surface area contributed by atoms with Gasteiger partial charge in [-0.15, -0.1) is 0 Å². The molecule has 0 spiro atoms. The number of carbonyl (C=O) groups is 1. The Labute approximate surface area is 141 Å². The lowest BCUT2D eigenvalue weighted by Gasteiger charge is -2.23. The first kappa shape index (κ1) is 17.2.